The van der Waals surface area contributed by atoms with Crippen LogP contribution in [0.5, 0.6) is 0 Å². The summed E-state index contributed by atoms with van der Waals surface area (Å²) in [5.41, 5.74) is 1.17. The van der Waals surface area contributed by atoms with Crippen LogP contribution in [-0.4, -0.2) is 38.5 Å². The number of ether oxygens (including phenoxy) is 1. The first kappa shape index (κ1) is 19.9. The van der Waals surface area contributed by atoms with Crippen molar-refractivity contribution in [2.45, 2.75) is 35.7 Å². The second-order valence-corrected chi connectivity index (χ2v) is 9.66. The molecular formula is C20H23NO4S2. The second kappa shape index (κ2) is 8.91. The van der Waals surface area contributed by atoms with Gasteiger partial charge in [0.1, 0.15) is 0 Å². The summed E-state index contributed by atoms with van der Waals surface area (Å²) in [6.07, 6.45) is 2.41. The fourth-order valence-corrected chi connectivity index (χ4v) is 4.85. The lowest BCUT2D eigenvalue weighted by Gasteiger charge is -2.12. The molecule has 0 bridgehead atoms. The number of hydrogen-bond acceptors (Lipinski definition) is 5. The summed E-state index contributed by atoms with van der Waals surface area (Å²) in [7, 11) is -3.25. The van der Waals surface area contributed by atoms with Gasteiger partial charge in [-0.3, -0.25) is 4.79 Å². The number of benzene rings is 2. The lowest BCUT2D eigenvalue weighted by molar-refractivity contribution is 0.102. The van der Waals surface area contributed by atoms with Crippen LogP contribution in [0, 0.1) is 0 Å². The quantitative estimate of drug-likeness (QED) is 0.705. The van der Waals surface area contributed by atoms with Gasteiger partial charge < -0.3 is 10.1 Å². The minimum absolute atomic E-state index is 0.0496. The van der Waals surface area contributed by atoms with Crippen molar-refractivity contribution in [3.8, 4) is 0 Å². The van der Waals surface area contributed by atoms with Crippen molar-refractivity contribution in [3.05, 3.63) is 54.1 Å². The van der Waals surface area contributed by atoms with Crippen LogP contribution in [0.25, 0.3) is 0 Å². The van der Waals surface area contributed by atoms with E-state index in [1.165, 1.54) is 12.1 Å². The van der Waals surface area contributed by atoms with E-state index in [1.807, 2.05) is 18.2 Å². The molecule has 1 fully saturated rings. The SMILES string of the molecule is CCS(=O)(=O)c1ccc(NC(=O)c2ccccc2SC[C@H]2CCCO2)cc1. The van der Waals surface area contributed by atoms with Crippen LogP contribution in [0.4, 0.5) is 5.69 Å². The average molecular weight is 406 g/mol. The summed E-state index contributed by atoms with van der Waals surface area (Å²) in [6, 6.07) is 13.7. The van der Waals surface area contributed by atoms with Crippen molar-refractivity contribution in [1.29, 1.82) is 0 Å². The average Bonchev–Trinajstić information content (AvgIpc) is 3.20. The molecule has 0 saturated carbocycles. The van der Waals surface area contributed by atoms with E-state index in [9.17, 15) is 13.2 Å². The minimum Gasteiger partial charge on any atom is -0.377 e. The maximum absolute atomic E-state index is 12.7. The second-order valence-electron chi connectivity index (χ2n) is 6.32. The van der Waals surface area contributed by atoms with E-state index in [0.29, 0.717) is 11.3 Å². The zero-order chi connectivity index (χ0) is 19.3. The molecule has 2 aromatic rings. The molecule has 144 valence electrons. The van der Waals surface area contributed by atoms with Gasteiger partial charge in [-0.15, -0.1) is 11.8 Å². The van der Waals surface area contributed by atoms with Gasteiger partial charge in [-0.1, -0.05) is 19.1 Å². The van der Waals surface area contributed by atoms with Gasteiger partial charge in [0.2, 0.25) is 0 Å². The fraction of sp³-hybridized carbons (Fsp3) is 0.350. The maximum Gasteiger partial charge on any atom is 0.256 e. The van der Waals surface area contributed by atoms with E-state index in [1.54, 1.807) is 36.9 Å². The largest absolute Gasteiger partial charge is 0.377 e. The summed E-state index contributed by atoms with van der Waals surface area (Å²) < 4.78 is 29.4. The number of nitrogens with one attached hydrogen (secondary N) is 1. The Bertz CT molecular complexity index is 888. The highest BCUT2D eigenvalue weighted by atomic mass is 32.2. The molecule has 1 saturated heterocycles. The van der Waals surface area contributed by atoms with E-state index in [2.05, 4.69) is 5.32 Å². The Balaban J connectivity index is 1.69. The van der Waals surface area contributed by atoms with E-state index in [4.69, 9.17) is 4.74 Å². The van der Waals surface area contributed by atoms with E-state index in [-0.39, 0.29) is 22.7 Å². The van der Waals surface area contributed by atoms with Gasteiger partial charge in [-0.05, 0) is 49.2 Å². The van der Waals surface area contributed by atoms with Gasteiger partial charge in [0.15, 0.2) is 9.84 Å². The smallest absolute Gasteiger partial charge is 0.256 e. The zero-order valence-corrected chi connectivity index (χ0v) is 16.8. The first-order chi connectivity index (χ1) is 13.0. The Labute approximate surface area is 164 Å². The normalized spacial score (nSPS) is 17.0. The highest BCUT2D eigenvalue weighted by Gasteiger charge is 2.18. The predicted molar refractivity (Wildman–Crippen MR) is 108 cm³/mol. The molecule has 0 aromatic heterocycles. The highest BCUT2D eigenvalue weighted by molar-refractivity contribution is 7.99. The summed E-state index contributed by atoms with van der Waals surface area (Å²) in [6.45, 7) is 2.42. The fourth-order valence-electron chi connectivity index (χ4n) is 2.85. The van der Waals surface area contributed by atoms with Gasteiger partial charge in [0, 0.05) is 22.9 Å². The molecule has 0 spiro atoms. The maximum atomic E-state index is 12.7. The standard InChI is InChI=1S/C20H23NO4S2/c1-2-27(23,24)17-11-9-15(10-12-17)21-20(22)18-7-3-4-8-19(18)26-14-16-6-5-13-25-16/h3-4,7-12,16H,2,5-6,13-14H2,1H3,(H,21,22)/t16-/m1/s1. The third-order valence-electron chi connectivity index (χ3n) is 4.43. The Morgan fingerprint density at radius 2 is 1.93 bits per heavy atom. The van der Waals surface area contributed by atoms with Crippen LogP contribution in [0.2, 0.25) is 0 Å². The Morgan fingerprint density at radius 3 is 2.59 bits per heavy atom. The summed E-state index contributed by atoms with van der Waals surface area (Å²) >= 11 is 1.63. The van der Waals surface area contributed by atoms with Gasteiger partial charge >= 0.3 is 0 Å². The predicted octanol–water partition coefficient (Wildman–Crippen LogP) is 4.00. The molecular weight excluding hydrogens is 382 g/mol. The topological polar surface area (TPSA) is 72.5 Å². The van der Waals surface area contributed by atoms with Gasteiger partial charge in [-0.25, -0.2) is 8.42 Å². The summed E-state index contributed by atoms with van der Waals surface area (Å²) in [5.74, 6) is 0.665. The number of hydrogen-bond donors (Lipinski definition) is 1. The molecule has 5 nitrogen and oxygen atoms in total. The molecule has 2 aromatic carbocycles. The number of anilines is 1. The molecule has 1 atom stereocenters. The van der Waals surface area contributed by atoms with E-state index < -0.39 is 9.84 Å². The number of sulfone groups is 1. The Kier molecular flexibility index (Phi) is 6.57. The molecule has 0 unspecified atom stereocenters. The molecule has 1 N–H and O–H groups in total. The third kappa shape index (κ3) is 5.12. The first-order valence-corrected chi connectivity index (χ1v) is 11.6. The van der Waals surface area contributed by atoms with Crippen molar-refractivity contribution >= 4 is 33.2 Å². The lowest BCUT2D eigenvalue weighted by Crippen LogP contribution is -2.14. The summed E-state index contributed by atoms with van der Waals surface area (Å²) in [4.78, 5) is 13.9. The van der Waals surface area contributed by atoms with Crippen LogP contribution >= 0.6 is 11.8 Å². The highest BCUT2D eigenvalue weighted by Crippen LogP contribution is 2.27. The number of carbonyl (C=O) groups is 1. The third-order valence-corrected chi connectivity index (χ3v) is 7.39. The van der Waals surface area contributed by atoms with Crippen molar-refractivity contribution in [2.24, 2.45) is 0 Å². The number of thioether (sulfide) groups is 1. The molecule has 27 heavy (non-hydrogen) atoms. The van der Waals surface area contributed by atoms with Crippen molar-refractivity contribution < 1.29 is 17.9 Å². The minimum atomic E-state index is -3.25. The van der Waals surface area contributed by atoms with Gasteiger partial charge in [0.05, 0.1) is 22.3 Å². The molecule has 1 amide bonds. The summed E-state index contributed by atoms with van der Waals surface area (Å²) in [5, 5.41) is 2.84. The molecule has 0 aliphatic carbocycles. The number of carbonyl (C=O) groups excluding carboxylic acids is 1. The van der Waals surface area contributed by atoms with Crippen molar-refractivity contribution in [2.75, 3.05) is 23.4 Å². The van der Waals surface area contributed by atoms with Crippen LogP contribution < -0.4 is 5.32 Å². The number of rotatable bonds is 7. The van der Waals surface area contributed by atoms with Crippen molar-refractivity contribution in [1.82, 2.24) is 0 Å². The van der Waals surface area contributed by atoms with Gasteiger partial charge in [-0.2, -0.15) is 0 Å². The van der Waals surface area contributed by atoms with Gasteiger partial charge in [0.25, 0.3) is 5.91 Å². The van der Waals surface area contributed by atoms with Crippen LogP contribution in [0.3, 0.4) is 0 Å². The van der Waals surface area contributed by atoms with E-state index in [0.717, 1.165) is 30.1 Å². The molecule has 1 aliphatic heterocycles. The van der Waals surface area contributed by atoms with Crippen LogP contribution in [0.15, 0.2) is 58.3 Å². The van der Waals surface area contributed by atoms with Crippen LogP contribution in [-0.2, 0) is 14.6 Å². The zero-order valence-electron chi connectivity index (χ0n) is 15.2. The first-order valence-electron chi connectivity index (χ1n) is 8.97. The van der Waals surface area contributed by atoms with E-state index >= 15 is 0 Å². The molecule has 7 heteroatoms. The molecule has 1 aliphatic rings. The molecule has 3 rings (SSSR count). The van der Waals surface area contributed by atoms with Crippen molar-refractivity contribution in [3.63, 3.8) is 0 Å². The Morgan fingerprint density at radius 1 is 1.19 bits per heavy atom. The Hall–Kier alpha value is -1.83. The lowest BCUT2D eigenvalue weighted by atomic mass is 10.2. The molecule has 1 heterocycles. The number of amides is 1. The monoisotopic (exact) mass is 405 g/mol. The van der Waals surface area contributed by atoms with Crippen LogP contribution in [0.1, 0.15) is 30.1 Å². The molecule has 0 radical (unpaired) electrons.